The molecule has 1 saturated heterocycles. The normalized spacial score (nSPS) is 16.4. The van der Waals surface area contributed by atoms with Gasteiger partial charge in [-0.1, -0.05) is 18.2 Å². The van der Waals surface area contributed by atoms with Crippen LogP contribution in [0.2, 0.25) is 0 Å². The third-order valence-corrected chi connectivity index (χ3v) is 5.67. The van der Waals surface area contributed by atoms with E-state index in [9.17, 15) is 9.90 Å². The fraction of sp³-hybridized carbons (Fsp3) is 0.400. The van der Waals surface area contributed by atoms with Crippen molar-refractivity contribution in [3.05, 3.63) is 48.0 Å². The third kappa shape index (κ3) is 4.93. The summed E-state index contributed by atoms with van der Waals surface area (Å²) in [7, 11) is 0. The highest BCUT2D eigenvalue weighted by molar-refractivity contribution is 5.92. The van der Waals surface area contributed by atoms with Crippen molar-refractivity contribution < 1.29 is 14.6 Å². The van der Waals surface area contributed by atoms with Crippen molar-refractivity contribution in [2.45, 2.75) is 39.7 Å². The van der Waals surface area contributed by atoms with Gasteiger partial charge in [-0.05, 0) is 69.4 Å². The number of fused-ring (bicyclic) bond motifs is 1. The second-order valence-electron chi connectivity index (χ2n) is 8.70. The van der Waals surface area contributed by atoms with Gasteiger partial charge in [-0.25, -0.2) is 14.8 Å². The Labute approximate surface area is 188 Å². The van der Waals surface area contributed by atoms with Gasteiger partial charge in [-0.15, -0.1) is 0 Å². The third-order valence-electron chi connectivity index (χ3n) is 5.67. The molecule has 2 heterocycles. The van der Waals surface area contributed by atoms with Crippen molar-refractivity contribution in [2.24, 2.45) is 5.92 Å². The van der Waals surface area contributed by atoms with Crippen LogP contribution in [-0.4, -0.2) is 46.9 Å². The molecule has 2 N–H and O–H groups in total. The van der Waals surface area contributed by atoms with Crippen LogP contribution in [0.3, 0.4) is 0 Å². The molecule has 1 aliphatic heterocycles. The largest absolute Gasteiger partial charge is 0.507 e. The van der Waals surface area contributed by atoms with Gasteiger partial charge in [0.1, 0.15) is 11.6 Å². The number of benzene rings is 2. The van der Waals surface area contributed by atoms with Gasteiger partial charge in [0.2, 0.25) is 0 Å². The maximum absolute atomic E-state index is 11.9. The van der Waals surface area contributed by atoms with Gasteiger partial charge in [0, 0.05) is 25.0 Å². The summed E-state index contributed by atoms with van der Waals surface area (Å²) in [6.45, 7) is 7.95. The number of ether oxygens (including phenoxy) is 1. The summed E-state index contributed by atoms with van der Waals surface area (Å²) in [4.78, 5) is 23.8. The van der Waals surface area contributed by atoms with E-state index in [4.69, 9.17) is 14.7 Å². The van der Waals surface area contributed by atoms with E-state index in [0.717, 1.165) is 48.2 Å². The standard InChI is InChI=1S/C25H30N4O3/c1-16(2)32-25(31)26-14-18-7-6-12-29(15-18)24-19-11-10-17(3)13-21(19)27-23(28-24)20-8-4-5-9-22(20)30/h4-5,8-11,13,16,18,30H,6-7,12,14-15H2,1-3H3,(H,26,31)/t18-/m0/s1. The molecule has 4 rings (SSSR count). The number of alkyl carbamates (subject to hydrolysis) is 1. The molecule has 1 atom stereocenters. The lowest BCUT2D eigenvalue weighted by Gasteiger charge is -2.34. The van der Waals surface area contributed by atoms with E-state index in [2.05, 4.69) is 28.4 Å². The van der Waals surface area contributed by atoms with Crippen LogP contribution in [0.15, 0.2) is 42.5 Å². The molecule has 0 unspecified atom stereocenters. The van der Waals surface area contributed by atoms with Crippen molar-refractivity contribution >= 4 is 22.8 Å². The number of aromatic hydroxyl groups is 1. The van der Waals surface area contributed by atoms with Crippen LogP contribution in [0.1, 0.15) is 32.3 Å². The number of carbonyl (C=O) groups excluding carboxylic acids is 1. The summed E-state index contributed by atoms with van der Waals surface area (Å²) in [5, 5.41) is 14.3. The molecular formula is C25H30N4O3. The minimum Gasteiger partial charge on any atom is -0.507 e. The number of piperidine rings is 1. The Balaban J connectivity index is 1.64. The lowest BCUT2D eigenvalue weighted by atomic mass is 9.97. The molecule has 0 aliphatic carbocycles. The van der Waals surface area contributed by atoms with Crippen LogP contribution in [-0.2, 0) is 4.74 Å². The predicted molar refractivity (Wildman–Crippen MR) is 126 cm³/mol. The van der Waals surface area contributed by atoms with E-state index in [0.29, 0.717) is 23.9 Å². The van der Waals surface area contributed by atoms with Crippen molar-refractivity contribution in [2.75, 3.05) is 24.5 Å². The number of para-hydroxylation sites is 1. The average Bonchev–Trinajstić information content (AvgIpc) is 2.77. The number of amides is 1. The number of hydrogen-bond donors (Lipinski definition) is 2. The fourth-order valence-corrected chi connectivity index (χ4v) is 4.15. The van der Waals surface area contributed by atoms with Crippen molar-refractivity contribution in [1.29, 1.82) is 0 Å². The Kier molecular flexibility index (Phi) is 6.44. The maximum atomic E-state index is 11.9. The highest BCUT2D eigenvalue weighted by atomic mass is 16.6. The van der Waals surface area contributed by atoms with Crippen LogP contribution < -0.4 is 10.2 Å². The molecule has 0 bridgehead atoms. The first kappa shape index (κ1) is 21.9. The molecule has 168 valence electrons. The highest BCUT2D eigenvalue weighted by Gasteiger charge is 2.24. The zero-order valence-corrected chi connectivity index (χ0v) is 18.8. The van der Waals surface area contributed by atoms with E-state index in [1.165, 1.54) is 0 Å². The number of aromatic nitrogens is 2. The summed E-state index contributed by atoms with van der Waals surface area (Å²) < 4.78 is 5.19. The van der Waals surface area contributed by atoms with Crippen molar-refractivity contribution in [3.63, 3.8) is 0 Å². The average molecular weight is 435 g/mol. The Bertz CT molecular complexity index is 1120. The molecule has 32 heavy (non-hydrogen) atoms. The number of carbonyl (C=O) groups is 1. The van der Waals surface area contributed by atoms with E-state index < -0.39 is 0 Å². The molecule has 7 nitrogen and oxygen atoms in total. The number of phenolic OH excluding ortho intramolecular Hbond substituents is 1. The van der Waals surface area contributed by atoms with Crippen LogP contribution in [0.4, 0.5) is 10.6 Å². The van der Waals surface area contributed by atoms with Gasteiger partial charge in [0.05, 0.1) is 17.2 Å². The Morgan fingerprint density at radius 1 is 1.25 bits per heavy atom. The SMILES string of the molecule is Cc1ccc2c(N3CCC[C@@H](CNC(=O)OC(C)C)C3)nc(-c3ccccc3O)nc2c1. The minimum atomic E-state index is -0.373. The quantitative estimate of drug-likeness (QED) is 0.607. The number of rotatable bonds is 5. The van der Waals surface area contributed by atoms with Crippen LogP contribution in [0.5, 0.6) is 5.75 Å². The van der Waals surface area contributed by atoms with Gasteiger partial charge in [-0.3, -0.25) is 0 Å². The van der Waals surface area contributed by atoms with Gasteiger partial charge >= 0.3 is 6.09 Å². The van der Waals surface area contributed by atoms with E-state index in [-0.39, 0.29) is 17.9 Å². The molecule has 2 aromatic carbocycles. The highest BCUT2D eigenvalue weighted by Crippen LogP contribution is 2.33. The zero-order chi connectivity index (χ0) is 22.7. The van der Waals surface area contributed by atoms with Gasteiger partial charge in [0.15, 0.2) is 5.82 Å². The number of aryl methyl sites for hydroxylation is 1. The monoisotopic (exact) mass is 434 g/mol. The Morgan fingerprint density at radius 2 is 2.06 bits per heavy atom. The Hall–Kier alpha value is -3.35. The van der Waals surface area contributed by atoms with Gasteiger partial charge in [0.25, 0.3) is 0 Å². The zero-order valence-electron chi connectivity index (χ0n) is 18.8. The number of anilines is 1. The first-order valence-electron chi connectivity index (χ1n) is 11.2. The summed E-state index contributed by atoms with van der Waals surface area (Å²) >= 11 is 0. The molecule has 1 fully saturated rings. The first-order chi connectivity index (χ1) is 15.4. The molecule has 1 aromatic heterocycles. The van der Waals surface area contributed by atoms with E-state index >= 15 is 0 Å². The van der Waals surface area contributed by atoms with Crippen LogP contribution >= 0.6 is 0 Å². The topological polar surface area (TPSA) is 87.6 Å². The fourth-order valence-electron chi connectivity index (χ4n) is 4.15. The molecule has 0 saturated carbocycles. The van der Waals surface area contributed by atoms with Gasteiger partial charge in [-0.2, -0.15) is 0 Å². The van der Waals surface area contributed by atoms with E-state index in [1.54, 1.807) is 12.1 Å². The molecule has 1 aliphatic rings. The molecule has 1 amide bonds. The number of hydrogen-bond acceptors (Lipinski definition) is 6. The molecule has 7 heteroatoms. The van der Waals surface area contributed by atoms with E-state index in [1.807, 2.05) is 32.9 Å². The van der Waals surface area contributed by atoms with Crippen molar-refractivity contribution in [1.82, 2.24) is 15.3 Å². The van der Waals surface area contributed by atoms with Gasteiger partial charge < -0.3 is 20.1 Å². The second-order valence-corrected chi connectivity index (χ2v) is 8.70. The molecule has 0 radical (unpaired) electrons. The summed E-state index contributed by atoms with van der Waals surface area (Å²) in [5.74, 6) is 1.84. The smallest absolute Gasteiger partial charge is 0.407 e. The van der Waals surface area contributed by atoms with Crippen LogP contribution in [0.25, 0.3) is 22.3 Å². The Morgan fingerprint density at radius 3 is 2.84 bits per heavy atom. The molecule has 3 aromatic rings. The number of phenols is 1. The molecule has 0 spiro atoms. The number of nitrogens with zero attached hydrogens (tertiary/aromatic N) is 3. The first-order valence-corrected chi connectivity index (χ1v) is 11.2. The lowest BCUT2D eigenvalue weighted by molar-refractivity contribution is 0.114. The summed E-state index contributed by atoms with van der Waals surface area (Å²) in [5.41, 5.74) is 2.59. The molecular weight excluding hydrogens is 404 g/mol. The summed E-state index contributed by atoms with van der Waals surface area (Å²) in [6, 6.07) is 13.3. The van der Waals surface area contributed by atoms with Crippen molar-refractivity contribution in [3.8, 4) is 17.1 Å². The predicted octanol–water partition coefficient (Wildman–Crippen LogP) is 4.66. The summed E-state index contributed by atoms with van der Waals surface area (Å²) in [6.07, 6.45) is 1.53. The maximum Gasteiger partial charge on any atom is 0.407 e. The minimum absolute atomic E-state index is 0.137. The van der Waals surface area contributed by atoms with Crippen LogP contribution in [0, 0.1) is 12.8 Å². The second kappa shape index (κ2) is 9.42. The number of nitrogens with one attached hydrogen (secondary N) is 1. The lowest BCUT2D eigenvalue weighted by Crippen LogP contribution is -2.41.